The number of sulfonamides is 1. The molecule has 0 aliphatic rings. The van der Waals surface area contributed by atoms with Crippen molar-refractivity contribution in [1.82, 2.24) is 34.4 Å². The van der Waals surface area contributed by atoms with Gasteiger partial charge in [0, 0.05) is 18.5 Å². The molecule has 0 aliphatic carbocycles. The van der Waals surface area contributed by atoms with Gasteiger partial charge in [-0.15, -0.1) is 10.2 Å². The van der Waals surface area contributed by atoms with Gasteiger partial charge in [-0.2, -0.15) is 0 Å². The summed E-state index contributed by atoms with van der Waals surface area (Å²) in [6, 6.07) is 11.6. The summed E-state index contributed by atoms with van der Waals surface area (Å²) in [5, 5.41) is 8.15. The van der Waals surface area contributed by atoms with Crippen molar-refractivity contribution in [2.75, 3.05) is 20.8 Å². The summed E-state index contributed by atoms with van der Waals surface area (Å²) in [5.74, 6) is -0.893. The molecule has 1 amide bonds. The van der Waals surface area contributed by atoms with E-state index in [1.165, 1.54) is 31.2 Å². The number of methoxy groups -OCH3 is 2. The van der Waals surface area contributed by atoms with E-state index in [-0.39, 0.29) is 23.2 Å². The van der Waals surface area contributed by atoms with E-state index in [1.807, 2.05) is 11.6 Å². The van der Waals surface area contributed by atoms with E-state index in [0.29, 0.717) is 29.7 Å². The van der Waals surface area contributed by atoms with Gasteiger partial charge < -0.3 is 14.2 Å². The fourth-order valence-electron chi connectivity index (χ4n) is 3.43. The second-order valence-corrected chi connectivity index (χ2v) is 9.07. The number of carbonyl (C=O) groups excluding carboxylic acids is 1. The van der Waals surface area contributed by atoms with Crippen molar-refractivity contribution in [3.63, 3.8) is 0 Å². The minimum Gasteiger partial charge on any atom is -0.494 e. The fraction of sp³-hybridized carbons (Fsp3) is 0.217. The lowest BCUT2D eigenvalue weighted by atomic mass is 10.2. The normalized spacial score (nSPS) is 11.1. The van der Waals surface area contributed by atoms with Gasteiger partial charge in [0.05, 0.1) is 20.8 Å². The van der Waals surface area contributed by atoms with Crippen LogP contribution in [0.25, 0.3) is 17.2 Å². The number of pyridine rings is 1. The molecule has 3 heterocycles. The highest BCUT2D eigenvalue weighted by atomic mass is 32.2. The third kappa shape index (κ3) is 5.64. The van der Waals surface area contributed by atoms with Gasteiger partial charge >= 0.3 is 5.91 Å². The Morgan fingerprint density at radius 2 is 1.65 bits per heavy atom. The second-order valence-electron chi connectivity index (χ2n) is 7.34. The minimum absolute atomic E-state index is 0.0216. The molecule has 3 aromatic heterocycles. The summed E-state index contributed by atoms with van der Waals surface area (Å²) in [6.07, 6.45) is 2.81. The zero-order valence-corrected chi connectivity index (χ0v) is 21.0. The third-order valence-electron chi connectivity index (χ3n) is 4.92. The summed E-state index contributed by atoms with van der Waals surface area (Å²) in [7, 11) is -1.30. The molecule has 0 bridgehead atoms. The predicted molar refractivity (Wildman–Crippen MR) is 131 cm³/mol. The van der Waals surface area contributed by atoms with Crippen molar-refractivity contribution < 1.29 is 27.4 Å². The molecular formula is C23H23N7O6S. The molecule has 1 aromatic carbocycles. The van der Waals surface area contributed by atoms with E-state index in [0.717, 1.165) is 0 Å². The van der Waals surface area contributed by atoms with Crippen LogP contribution in [0.3, 0.4) is 0 Å². The maximum Gasteiger partial charge on any atom is 0.303 e. The first kappa shape index (κ1) is 25.5. The van der Waals surface area contributed by atoms with Crippen LogP contribution in [0.1, 0.15) is 23.4 Å². The van der Waals surface area contributed by atoms with E-state index < -0.39 is 21.7 Å². The zero-order chi connectivity index (χ0) is 26.4. The lowest BCUT2D eigenvalue weighted by Gasteiger charge is -2.17. The third-order valence-corrected chi connectivity index (χ3v) is 6.06. The van der Waals surface area contributed by atoms with Crippen LogP contribution in [-0.4, -0.2) is 64.9 Å². The van der Waals surface area contributed by atoms with Gasteiger partial charge in [0.2, 0.25) is 21.7 Å². The molecule has 0 fully saturated rings. The number of amides is 1. The maximum absolute atomic E-state index is 13.3. The smallest absolute Gasteiger partial charge is 0.303 e. The molecule has 14 heteroatoms. The highest BCUT2D eigenvalue weighted by Gasteiger charge is 2.29. The topological polar surface area (TPSA) is 160 Å². The van der Waals surface area contributed by atoms with Gasteiger partial charge in [-0.25, -0.2) is 28.1 Å². The standard InChI is InChI=1S/C23H23N7O6S/c1-4-36-19-11-5-8-15(26-19)21-27-28-22(30(21)20-16(34-2)9-6-10-17(20)35-3)23(31)29-37(32,33)14-18-24-12-7-13-25-18/h5-13H,4,14H2,1-3H3,(H,29,31). The van der Waals surface area contributed by atoms with Gasteiger partial charge in [-0.3, -0.25) is 9.36 Å². The minimum atomic E-state index is -4.19. The van der Waals surface area contributed by atoms with E-state index >= 15 is 0 Å². The Balaban J connectivity index is 1.84. The molecule has 0 spiro atoms. The van der Waals surface area contributed by atoms with Crippen molar-refractivity contribution in [2.45, 2.75) is 12.7 Å². The first-order valence-electron chi connectivity index (χ1n) is 10.9. The highest BCUT2D eigenvalue weighted by Crippen LogP contribution is 2.36. The van der Waals surface area contributed by atoms with Crippen molar-refractivity contribution >= 4 is 15.9 Å². The molecule has 13 nitrogen and oxygen atoms in total. The van der Waals surface area contributed by atoms with Crippen LogP contribution in [-0.2, 0) is 15.8 Å². The first-order chi connectivity index (χ1) is 17.9. The van der Waals surface area contributed by atoms with Crippen molar-refractivity contribution in [3.05, 3.63) is 66.5 Å². The van der Waals surface area contributed by atoms with Crippen molar-refractivity contribution in [3.8, 4) is 34.6 Å². The molecule has 1 N–H and O–H groups in total. The molecule has 37 heavy (non-hydrogen) atoms. The average Bonchev–Trinajstić information content (AvgIpc) is 3.33. The van der Waals surface area contributed by atoms with Crippen LogP contribution in [0.5, 0.6) is 17.4 Å². The number of ether oxygens (including phenoxy) is 3. The van der Waals surface area contributed by atoms with Crippen molar-refractivity contribution in [1.29, 1.82) is 0 Å². The van der Waals surface area contributed by atoms with Crippen LogP contribution < -0.4 is 18.9 Å². The summed E-state index contributed by atoms with van der Waals surface area (Å²) in [6.45, 7) is 2.21. The molecule has 0 atom stereocenters. The molecule has 4 rings (SSSR count). The molecular weight excluding hydrogens is 502 g/mol. The van der Waals surface area contributed by atoms with E-state index in [9.17, 15) is 13.2 Å². The Bertz CT molecular complexity index is 1490. The Morgan fingerprint density at radius 3 is 2.30 bits per heavy atom. The Kier molecular flexibility index (Phi) is 7.57. The highest BCUT2D eigenvalue weighted by molar-refractivity contribution is 7.89. The lowest BCUT2D eigenvalue weighted by molar-refractivity contribution is 0.0969. The summed E-state index contributed by atoms with van der Waals surface area (Å²) >= 11 is 0. The van der Waals surface area contributed by atoms with E-state index in [4.69, 9.17) is 14.2 Å². The molecule has 0 saturated heterocycles. The number of aromatic nitrogens is 6. The summed E-state index contributed by atoms with van der Waals surface area (Å²) < 4.78 is 45.3. The predicted octanol–water partition coefficient (Wildman–Crippen LogP) is 1.79. The van der Waals surface area contributed by atoms with Crippen LogP contribution in [0.4, 0.5) is 0 Å². The second kappa shape index (κ2) is 11.0. The number of para-hydroxylation sites is 1. The van der Waals surface area contributed by atoms with E-state index in [1.54, 1.807) is 42.5 Å². The number of nitrogens with zero attached hydrogens (tertiary/aromatic N) is 6. The fourth-order valence-corrected chi connectivity index (χ4v) is 4.36. The molecule has 0 radical (unpaired) electrons. The van der Waals surface area contributed by atoms with Gasteiger partial charge in [-0.05, 0) is 31.2 Å². The van der Waals surface area contributed by atoms with Crippen LogP contribution in [0.15, 0.2) is 54.9 Å². The molecule has 0 unspecified atom stereocenters. The number of carbonyl (C=O) groups is 1. The SMILES string of the molecule is CCOc1cccc(-c2nnc(C(=O)NS(=O)(=O)Cc3ncccn3)n2-c2c(OC)cccc2OC)n1. The van der Waals surface area contributed by atoms with Gasteiger partial charge in [0.25, 0.3) is 0 Å². The molecule has 192 valence electrons. The number of hydrogen-bond donors (Lipinski definition) is 1. The van der Waals surface area contributed by atoms with Gasteiger partial charge in [-0.1, -0.05) is 12.1 Å². The van der Waals surface area contributed by atoms with E-state index in [2.05, 4.69) is 25.1 Å². The average molecular weight is 526 g/mol. The number of hydrogen-bond acceptors (Lipinski definition) is 11. The first-order valence-corrected chi connectivity index (χ1v) is 12.6. The Morgan fingerprint density at radius 1 is 0.973 bits per heavy atom. The maximum atomic E-state index is 13.3. The van der Waals surface area contributed by atoms with Crippen LogP contribution >= 0.6 is 0 Å². The molecule has 0 aliphatic heterocycles. The van der Waals surface area contributed by atoms with Crippen LogP contribution in [0.2, 0.25) is 0 Å². The number of rotatable bonds is 10. The zero-order valence-electron chi connectivity index (χ0n) is 20.2. The molecule has 0 saturated carbocycles. The Hall–Kier alpha value is -4.59. The molecule has 4 aromatic rings. The van der Waals surface area contributed by atoms with Gasteiger partial charge in [0.15, 0.2) is 5.82 Å². The summed E-state index contributed by atoms with van der Waals surface area (Å²) in [5.41, 5.74) is 0.580. The number of benzene rings is 1. The van der Waals surface area contributed by atoms with Crippen LogP contribution in [0, 0.1) is 0 Å². The quantitative estimate of drug-likeness (QED) is 0.321. The monoisotopic (exact) mass is 525 g/mol. The lowest BCUT2D eigenvalue weighted by Crippen LogP contribution is -2.34. The number of nitrogens with one attached hydrogen (secondary N) is 1. The summed E-state index contributed by atoms with van der Waals surface area (Å²) in [4.78, 5) is 25.5. The van der Waals surface area contributed by atoms with Gasteiger partial charge in [0.1, 0.15) is 34.5 Å². The largest absolute Gasteiger partial charge is 0.494 e. The Labute approximate surface area is 212 Å². The van der Waals surface area contributed by atoms with Crippen molar-refractivity contribution in [2.24, 2.45) is 0 Å².